The quantitative estimate of drug-likeness (QED) is 0.0369. The Labute approximate surface area is 293 Å². The number of anilines is 1. The van der Waals surface area contributed by atoms with Gasteiger partial charge in [-0.2, -0.15) is 0 Å². The Kier molecular flexibility index (Phi) is 10.3. The van der Waals surface area contributed by atoms with E-state index in [1.807, 2.05) is 13.0 Å². The summed E-state index contributed by atoms with van der Waals surface area (Å²) in [5.41, 5.74) is 3.37. The van der Waals surface area contributed by atoms with Crippen molar-refractivity contribution < 1.29 is 39.9 Å². The van der Waals surface area contributed by atoms with Gasteiger partial charge in [0.25, 0.3) is 0 Å². The predicted molar refractivity (Wildman–Crippen MR) is 198 cm³/mol. The first-order chi connectivity index (χ1) is 24.5. The number of rotatable bonds is 17. The zero-order chi connectivity index (χ0) is 36.6. The van der Waals surface area contributed by atoms with E-state index >= 15 is 0 Å². The van der Waals surface area contributed by atoms with Crippen molar-refractivity contribution in [2.24, 2.45) is 0 Å². The monoisotopic (exact) mass is 697 g/mol. The summed E-state index contributed by atoms with van der Waals surface area (Å²) in [4.78, 5) is 50.1. The van der Waals surface area contributed by atoms with E-state index in [1.165, 1.54) is 12.1 Å². The molecule has 0 spiro atoms. The lowest BCUT2D eigenvalue weighted by Crippen LogP contribution is -2.14. The fraction of sp³-hybridized carbons (Fsp3) is 0.400. The number of aliphatic carboxylic acids is 2. The summed E-state index contributed by atoms with van der Waals surface area (Å²) in [6.07, 6.45) is 7.45. The first kappa shape index (κ1) is 35.8. The van der Waals surface area contributed by atoms with Crippen molar-refractivity contribution in [3.05, 3.63) is 66.0 Å². The van der Waals surface area contributed by atoms with Crippen molar-refractivity contribution in [1.29, 1.82) is 0 Å². The van der Waals surface area contributed by atoms with Gasteiger partial charge in [-0.3, -0.25) is 19.2 Å². The van der Waals surface area contributed by atoms with Crippen LogP contribution in [-0.4, -0.2) is 51.1 Å². The number of aromatic hydroxyl groups is 1. The van der Waals surface area contributed by atoms with Gasteiger partial charge in [0, 0.05) is 41.3 Å². The number of allylic oxidation sites excluding steroid dienone is 1. The highest BCUT2D eigenvalue weighted by Crippen LogP contribution is 2.53. The molecule has 51 heavy (non-hydrogen) atoms. The van der Waals surface area contributed by atoms with Gasteiger partial charge < -0.3 is 35.6 Å². The molecule has 0 saturated heterocycles. The predicted octanol–water partition coefficient (Wildman–Crippen LogP) is 6.19. The number of carbonyl (C=O) groups is 2. The number of aliphatic hydroxyl groups excluding tert-OH is 2. The maximum absolute atomic E-state index is 14.2. The minimum Gasteiger partial charge on any atom is -0.507 e. The van der Waals surface area contributed by atoms with Crippen molar-refractivity contribution in [3.8, 4) is 11.5 Å². The molecule has 6 N–H and O–H groups in total. The van der Waals surface area contributed by atoms with Gasteiger partial charge in [0.15, 0.2) is 10.9 Å². The average Bonchev–Trinajstić information content (AvgIpc) is 3.24. The van der Waals surface area contributed by atoms with Crippen molar-refractivity contribution in [2.45, 2.75) is 90.8 Å². The third kappa shape index (κ3) is 6.29. The van der Waals surface area contributed by atoms with E-state index in [4.69, 9.17) is 14.9 Å². The smallest absolute Gasteiger partial charge is 0.303 e. The molecule has 0 aromatic heterocycles. The average molecular weight is 698 g/mol. The van der Waals surface area contributed by atoms with Crippen LogP contribution in [0.25, 0.3) is 49.2 Å². The van der Waals surface area contributed by atoms with E-state index in [2.05, 4.69) is 5.32 Å². The molecule has 0 unspecified atom stereocenters. The van der Waals surface area contributed by atoms with Gasteiger partial charge in [0.05, 0.1) is 36.8 Å². The van der Waals surface area contributed by atoms with Gasteiger partial charge in [-0.15, -0.1) is 0 Å². The van der Waals surface area contributed by atoms with Gasteiger partial charge in [-0.25, -0.2) is 0 Å². The van der Waals surface area contributed by atoms with Crippen LogP contribution in [0.4, 0.5) is 5.69 Å². The van der Waals surface area contributed by atoms with E-state index in [1.54, 1.807) is 7.11 Å². The number of hydrogen-bond donors (Lipinski definition) is 6. The molecule has 0 aliphatic heterocycles. The summed E-state index contributed by atoms with van der Waals surface area (Å²) >= 11 is 0. The molecular weight excluding hydrogens is 654 g/mol. The Bertz CT molecular complexity index is 2330. The number of benzene rings is 5. The Hall–Kier alpha value is -5.00. The fourth-order valence-corrected chi connectivity index (χ4v) is 8.13. The molecule has 0 fully saturated rings. The van der Waals surface area contributed by atoms with E-state index in [9.17, 15) is 34.5 Å². The Morgan fingerprint density at radius 3 is 1.90 bits per heavy atom. The van der Waals surface area contributed by atoms with Gasteiger partial charge in [-0.1, -0.05) is 30.9 Å². The highest BCUT2D eigenvalue weighted by molar-refractivity contribution is 6.38. The van der Waals surface area contributed by atoms with Crippen molar-refractivity contribution >= 4 is 66.8 Å². The fourth-order valence-electron chi connectivity index (χ4n) is 8.13. The molecule has 11 heteroatoms. The summed E-state index contributed by atoms with van der Waals surface area (Å²) in [6.45, 7) is 1.44. The molecule has 5 aromatic carbocycles. The van der Waals surface area contributed by atoms with Gasteiger partial charge in [-0.05, 0) is 95.8 Å². The van der Waals surface area contributed by atoms with Gasteiger partial charge >= 0.3 is 11.9 Å². The molecule has 11 nitrogen and oxygen atoms in total. The third-order valence-corrected chi connectivity index (χ3v) is 10.2. The van der Waals surface area contributed by atoms with Crippen LogP contribution in [0.15, 0.2) is 27.3 Å². The Morgan fingerprint density at radius 1 is 0.745 bits per heavy atom. The number of carboxylic acid groups (broad SMARTS) is 2. The Balaban J connectivity index is 1.70. The highest BCUT2D eigenvalue weighted by atomic mass is 16.5. The molecule has 1 aliphatic carbocycles. The molecule has 1 aliphatic rings. The van der Waals surface area contributed by atoms with E-state index in [0.717, 1.165) is 17.6 Å². The second-order valence-electron chi connectivity index (χ2n) is 13.6. The zero-order valence-electron chi connectivity index (χ0n) is 28.9. The number of nitrogens with one attached hydrogen (secondary N) is 1. The summed E-state index contributed by atoms with van der Waals surface area (Å²) in [5.74, 6) is -1.37. The molecule has 5 aromatic rings. The molecule has 0 saturated carbocycles. The number of phenolic OH excluding ortho intramolecular Hbond substituents is 1. The van der Waals surface area contributed by atoms with Crippen LogP contribution in [0.2, 0.25) is 0 Å². The molecule has 0 atom stereocenters. The lowest BCUT2D eigenvalue weighted by Gasteiger charge is -2.25. The van der Waals surface area contributed by atoms with Gasteiger partial charge in [0.1, 0.15) is 11.5 Å². The molecular formula is C40H43NO10. The molecule has 0 bridgehead atoms. The number of fused-ring (bicyclic) bond motifs is 1. The number of phenols is 1. The van der Waals surface area contributed by atoms with Crippen LogP contribution < -0.4 is 20.9 Å². The molecule has 0 radical (unpaired) electrons. The number of methoxy groups -OCH3 is 1. The molecule has 268 valence electrons. The minimum atomic E-state index is -0.851. The second-order valence-corrected chi connectivity index (χ2v) is 13.6. The molecule has 6 rings (SSSR count). The van der Waals surface area contributed by atoms with E-state index in [0.29, 0.717) is 129 Å². The van der Waals surface area contributed by atoms with Crippen molar-refractivity contribution in [3.63, 3.8) is 0 Å². The summed E-state index contributed by atoms with van der Waals surface area (Å²) < 4.78 is 6.11. The number of carboxylic acids is 2. The summed E-state index contributed by atoms with van der Waals surface area (Å²) in [7, 11) is 1.54. The molecule has 0 heterocycles. The summed E-state index contributed by atoms with van der Waals surface area (Å²) in [6, 6.07) is 2.70. The first-order valence-electron chi connectivity index (χ1n) is 17.5. The van der Waals surface area contributed by atoms with Crippen molar-refractivity contribution in [2.75, 3.05) is 19.0 Å². The zero-order valence-corrected chi connectivity index (χ0v) is 28.9. The van der Waals surface area contributed by atoms with Crippen LogP contribution in [-0.2, 0) is 35.6 Å². The lowest BCUT2D eigenvalue weighted by atomic mass is 9.80. The number of ether oxygens (including phenoxy) is 1. The number of hydrogen-bond acceptors (Lipinski definition) is 9. The molecule has 0 amide bonds. The summed E-state index contributed by atoms with van der Waals surface area (Å²) in [5, 5.41) is 58.7. The van der Waals surface area contributed by atoms with Gasteiger partial charge in [0.2, 0.25) is 0 Å². The van der Waals surface area contributed by atoms with E-state index < -0.39 is 30.6 Å². The van der Waals surface area contributed by atoms with Crippen LogP contribution in [0.3, 0.4) is 0 Å². The van der Waals surface area contributed by atoms with Crippen molar-refractivity contribution in [1.82, 2.24) is 0 Å². The third-order valence-electron chi connectivity index (χ3n) is 10.2. The van der Waals surface area contributed by atoms with Crippen LogP contribution >= 0.6 is 0 Å². The largest absolute Gasteiger partial charge is 0.507 e. The van der Waals surface area contributed by atoms with Crippen LogP contribution in [0, 0.1) is 0 Å². The SMILES string of the molecule is COc1c(NCCCCCC(=O)O)c2c(=O)cc(CO)c3c4c(CO)cc(=O)c5c(O)c(CCCCCCC(=O)O)c6c(c(c1CC(C)=C6)c23)c54. The Morgan fingerprint density at radius 2 is 1.31 bits per heavy atom. The maximum Gasteiger partial charge on any atom is 0.303 e. The topological polar surface area (TPSA) is 191 Å². The van der Waals surface area contributed by atoms with Crippen LogP contribution in [0.1, 0.15) is 92.5 Å². The van der Waals surface area contributed by atoms with Crippen LogP contribution in [0.5, 0.6) is 11.5 Å². The van der Waals surface area contributed by atoms with E-state index in [-0.39, 0.29) is 29.4 Å². The highest BCUT2D eigenvalue weighted by Gasteiger charge is 2.32. The number of unbranched alkanes of at least 4 members (excludes halogenated alkanes) is 5. The second kappa shape index (κ2) is 14.7. The lowest BCUT2D eigenvalue weighted by molar-refractivity contribution is -0.138. The maximum atomic E-state index is 14.2. The number of aliphatic hydroxyl groups is 2. The normalized spacial score (nSPS) is 12.7. The first-order valence-corrected chi connectivity index (χ1v) is 17.5. The minimum absolute atomic E-state index is 0.0720. The standard InChI is InChI=1S/C40H43NO10/c1-20-14-24-23(10-6-3-4-7-11-28(46)47)39(50)35-27(45)17-22(19-43)31-30-21(18-42)16-26(44)34-36(30)33(32(24)37(31)35)25(15-20)40(51-2)38(34)41-13-9-5-8-12-29(48)49/h14,16-17,41-43,50H,3-13,15,18-19H2,1-2H3,(H,46,47)(H,48,49).